The van der Waals surface area contributed by atoms with Gasteiger partial charge in [-0.1, -0.05) is 24.9 Å². The first-order valence-corrected chi connectivity index (χ1v) is 12.1. The lowest BCUT2D eigenvalue weighted by Crippen LogP contribution is -2.41. The average Bonchev–Trinajstić information content (AvgIpc) is 2.75. The van der Waals surface area contributed by atoms with Gasteiger partial charge in [-0.3, -0.25) is 4.79 Å². The van der Waals surface area contributed by atoms with Crippen molar-refractivity contribution in [2.24, 2.45) is 0 Å². The highest BCUT2D eigenvalue weighted by atomic mass is 35.5. The molecule has 0 aliphatic rings. The average molecular weight is 483 g/mol. The van der Waals surface area contributed by atoms with Crippen LogP contribution in [0, 0.1) is 0 Å². The fourth-order valence-electron chi connectivity index (χ4n) is 2.61. The van der Waals surface area contributed by atoms with Crippen molar-refractivity contribution in [2.75, 3.05) is 18.5 Å². The van der Waals surface area contributed by atoms with E-state index in [4.69, 9.17) is 21.1 Å². The van der Waals surface area contributed by atoms with Gasteiger partial charge in [0.25, 0.3) is 0 Å². The van der Waals surface area contributed by atoms with Crippen LogP contribution in [0.5, 0.6) is 5.75 Å². The third kappa shape index (κ3) is 7.22. The van der Waals surface area contributed by atoms with Gasteiger partial charge in [0, 0.05) is 5.69 Å². The highest BCUT2D eigenvalue weighted by Gasteiger charge is 2.23. The van der Waals surface area contributed by atoms with Crippen molar-refractivity contribution in [1.82, 2.24) is 4.72 Å². The van der Waals surface area contributed by atoms with Crippen molar-refractivity contribution in [2.45, 2.75) is 44.6 Å². The van der Waals surface area contributed by atoms with E-state index in [1.54, 1.807) is 19.1 Å². The highest BCUT2D eigenvalue weighted by molar-refractivity contribution is 7.89. The maximum Gasteiger partial charge on any atom is 0.338 e. The van der Waals surface area contributed by atoms with Gasteiger partial charge in [0.2, 0.25) is 15.9 Å². The number of unbranched alkanes of at least 4 members (excludes halogenated alkanes) is 1. The molecule has 2 aromatic rings. The van der Waals surface area contributed by atoms with E-state index in [-0.39, 0.29) is 9.92 Å². The standard InChI is InChI=1S/C22H27ClN2O6S/c1-4-6-13-31-22(27)16-7-9-17(10-8-16)24-21(26)15(3)25-32(28,29)18-11-12-20(30-5-2)19(23)14-18/h7-12,14-15,25H,4-6,13H2,1-3H3,(H,24,26)/t15-/m0/s1. The first kappa shape index (κ1) is 25.6. The monoisotopic (exact) mass is 482 g/mol. The van der Waals surface area contributed by atoms with Crippen LogP contribution >= 0.6 is 11.6 Å². The molecule has 0 aliphatic carbocycles. The van der Waals surface area contributed by atoms with Crippen LogP contribution in [0.25, 0.3) is 0 Å². The Morgan fingerprint density at radius 3 is 2.38 bits per heavy atom. The molecule has 8 nitrogen and oxygen atoms in total. The minimum absolute atomic E-state index is 0.0865. The van der Waals surface area contributed by atoms with E-state index in [0.717, 1.165) is 12.8 Å². The first-order valence-electron chi connectivity index (χ1n) is 10.2. The van der Waals surface area contributed by atoms with Gasteiger partial charge in [-0.15, -0.1) is 0 Å². The molecule has 10 heteroatoms. The number of carbonyl (C=O) groups is 2. The number of anilines is 1. The third-order valence-electron chi connectivity index (χ3n) is 4.36. The van der Waals surface area contributed by atoms with E-state index in [1.807, 2.05) is 6.92 Å². The number of ether oxygens (including phenoxy) is 2. The molecule has 32 heavy (non-hydrogen) atoms. The molecule has 0 aromatic heterocycles. The number of amides is 1. The fraction of sp³-hybridized carbons (Fsp3) is 0.364. The van der Waals surface area contributed by atoms with Gasteiger partial charge in [-0.2, -0.15) is 4.72 Å². The van der Waals surface area contributed by atoms with Crippen LogP contribution < -0.4 is 14.8 Å². The number of halogens is 1. The third-order valence-corrected chi connectivity index (χ3v) is 6.19. The fourth-order valence-corrected chi connectivity index (χ4v) is 4.14. The highest BCUT2D eigenvalue weighted by Crippen LogP contribution is 2.27. The predicted octanol–water partition coefficient (Wildman–Crippen LogP) is 4.00. The quantitative estimate of drug-likeness (QED) is 0.370. The van der Waals surface area contributed by atoms with E-state index in [1.165, 1.54) is 37.3 Å². The van der Waals surface area contributed by atoms with Crippen LogP contribution in [0.3, 0.4) is 0 Å². The normalized spacial score (nSPS) is 12.1. The molecule has 0 heterocycles. The van der Waals surface area contributed by atoms with Gasteiger partial charge in [0.1, 0.15) is 5.75 Å². The van der Waals surface area contributed by atoms with E-state index in [2.05, 4.69) is 10.0 Å². The summed E-state index contributed by atoms with van der Waals surface area (Å²) in [6.07, 6.45) is 1.71. The first-order chi connectivity index (χ1) is 15.2. The Bertz CT molecular complexity index is 1040. The molecule has 0 spiro atoms. The van der Waals surface area contributed by atoms with Crippen LogP contribution in [0.4, 0.5) is 5.69 Å². The molecule has 0 aliphatic heterocycles. The molecule has 0 radical (unpaired) electrons. The molecule has 2 aromatic carbocycles. The van der Waals surface area contributed by atoms with Gasteiger partial charge in [0.05, 0.1) is 34.7 Å². The number of esters is 1. The molecular weight excluding hydrogens is 456 g/mol. The SMILES string of the molecule is CCCCOC(=O)c1ccc(NC(=O)[C@H](C)NS(=O)(=O)c2ccc(OCC)c(Cl)c2)cc1. The largest absolute Gasteiger partial charge is 0.492 e. The van der Waals surface area contributed by atoms with Crippen molar-refractivity contribution in [3.05, 3.63) is 53.1 Å². The number of benzene rings is 2. The maximum atomic E-state index is 12.6. The van der Waals surface area contributed by atoms with Gasteiger partial charge in [0.15, 0.2) is 0 Å². The van der Waals surface area contributed by atoms with Gasteiger partial charge >= 0.3 is 5.97 Å². The molecule has 0 bridgehead atoms. The number of hydrogen-bond acceptors (Lipinski definition) is 6. The molecule has 2 rings (SSSR count). The summed E-state index contributed by atoms with van der Waals surface area (Å²) in [5.74, 6) is -0.632. The zero-order valence-corrected chi connectivity index (χ0v) is 19.8. The Balaban J connectivity index is 1.98. The molecule has 0 fully saturated rings. The van der Waals surface area contributed by atoms with Crippen LogP contribution in [0.2, 0.25) is 5.02 Å². The zero-order valence-electron chi connectivity index (χ0n) is 18.2. The summed E-state index contributed by atoms with van der Waals surface area (Å²) in [7, 11) is -3.99. The smallest absolute Gasteiger partial charge is 0.338 e. The van der Waals surface area contributed by atoms with Crippen molar-refractivity contribution in [1.29, 1.82) is 0 Å². The molecular formula is C22H27ClN2O6S. The summed E-state index contributed by atoms with van der Waals surface area (Å²) in [6.45, 7) is 5.95. The number of nitrogens with one attached hydrogen (secondary N) is 2. The van der Waals surface area contributed by atoms with Crippen molar-refractivity contribution < 1.29 is 27.5 Å². The second kappa shape index (κ2) is 11.8. The minimum atomic E-state index is -3.99. The van der Waals surface area contributed by atoms with Crippen LogP contribution in [-0.4, -0.2) is 39.5 Å². The number of carbonyl (C=O) groups excluding carboxylic acids is 2. The molecule has 0 saturated heterocycles. The number of hydrogen-bond donors (Lipinski definition) is 2. The lowest BCUT2D eigenvalue weighted by atomic mass is 10.2. The molecule has 174 valence electrons. The maximum absolute atomic E-state index is 12.6. The lowest BCUT2D eigenvalue weighted by molar-refractivity contribution is -0.117. The minimum Gasteiger partial charge on any atom is -0.492 e. The van der Waals surface area contributed by atoms with Crippen molar-refractivity contribution in [3.63, 3.8) is 0 Å². The summed E-state index contributed by atoms with van der Waals surface area (Å²) in [6, 6.07) is 9.15. The number of rotatable bonds is 11. The number of sulfonamides is 1. The van der Waals surface area contributed by atoms with Crippen LogP contribution in [-0.2, 0) is 19.6 Å². The lowest BCUT2D eigenvalue weighted by Gasteiger charge is -2.15. The Labute approximate surface area is 193 Å². The van der Waals surface area contributed by atoms with E-state index < -0.39 is 27.9 Å². The second-order valence-electron chi connectivity index (χ2n) is 6.92. The van der Waals surface area contributed by atoms with Gasteiger partial charge in [-0.25, -0.2) is 13.2 Å². The van der Waals surface area contributed by atoms with Crippen LogP contribution in [0.15, 0.2) is 47.4 Å². The summed E-state index contributed by atoms with van der Waals surface area (Å²) >= 11 is 6.06. The van der Waals surface area contributed by atoms with E-state index >= 15 is 0 Å². The van der Waals surface area contributed by atoms with E-state index in [9.17, 15) is 18.0 Å². The topological polar surface area (TPSA) is 111 Å². The molecule has 0 saturated carbocycles. The Kier molecular flexibility index (Phi) is 9.49. The van der Waals surface area contributed by atoms with Crippen LogP contribution in [0.1, 0.15) is 44.0 Å². The summed E-state index contributed by atoms with van der Waals surface area (Å²) in [4.78, 5) is 24.3. The summed E-state index contributed by atoms with van der Waals surface area (Å²) in [5.41, 5.74) is 0.774. The molecule has 2 N–H and O–H groups in total. The summed E-state index contributed by atoms with van der Waals surface area (Å²) < 4.78 is 38.0. The Morgan fingerprint density at radius 2 is 1.78 bits per heavy atom. The molecule has 1 amide bonds. The molecule has 0 unspecified atom stereocenters. The summed E-state index contributed by atoms with van der Waals surface area (Å²) in [5, 5.41) is 2.76. The molecule has 1 atom stereocenters. The Morgan fingerprint density at radius 1 is 1.09 bits per heavy atom. The predicted molar refractivity (Wildman–Crippen MR) is 123 cm³/mol. The van der Waals surface area contributed by atoms with Gasteiger partial charge < -0.3 is 14.8 Å². The van der Waals surface area contributed by atoms with E-state index in [0.29, 0.717) is 30.2 Å². The van der Waals surface area contributed by atoms with Crippen molar-refractivity contribution >= 4 is 39.2 Å². The van der Waals surface area contributed by atoms with Gasteiger partial charge in [-0.05, 0) is 62.7 Å². The second-order valence-corrected chi connectivity index (χ2v) is 9.05. The zero-order chi connectivity index (χ0) is 23.7. The Hall–Kier alpha value is -2.62. The van der Waals surface area contributed by atoms with Crippen molar-refractivity contribution in [3.8, 4) is 5.75 Å².